The Kier molecular flexibility index (Phi) is 4.37. The average Bonchev–Trinajstić information content (AvgIpc) is 2.80. The Bertz CT molecular complexity index is 423. The van der Waals surface area contributed by atoms with E-state index in [9.17, 15) is 4.79 Å². The number of hydrogen-bond acceptors (Lipinski definition) is 2. The first-order valence-corrected chi connectivity index (χ1v) is 6.71. The molecule has 3 nitrogen and oxygen atoms in total. The Hall–Kier alpha value is -1.35. The van der Waals surface area contributed by atoms with Crippen LogP contribution in [0.5, 0.6) is 0 Å². The molecule has 1 aliphatic rings. The van der Waals surface area contributed by atoms with Crippen LogP contribution in [0.3, 0.4) is 0 Å². The van der Waals surface area contributed by atoms with Crippen LogP contribution in [0.2, 0.25) is 0 Å². The zero-order chi connectivity index (χ0) is 13.0. The molecule has 1 aliphatic heterocycles. The molecule has 1 heterocycles. The summed E-state index contributed by atoms with van der Waals surface area (Å²) in [6, 6.07) is 6.75. The van der Waals surface area contributed by atoms with E-state index in [-0.39, 0.29) is 5.91 Å². The largest absolute Gasteiger partial charge is 0.352 e. The Labute approximate surface area is 109 Å². The van der Waals surface area contributed by atoms with E-state index in [2.05, 4.69) is 42.7 Å². The summed E-state index contributed by atoms with van der Waals surface area (Å²) in [7, 11) is 0. The lowest BCUT2D eigenvalue weighted by molar-refractivity contribution is -0.121. The standard InChI is InChI=1S/C15H22N2O/c1-11-3-4-13(12(2)9-11)5-6-15(18)17-14-7-8-16-10-14/h3-4,9,14,16H,5-8,10H2,1-2H3,(H,17,18). The van der Waals surface area contributed by atoms with Gasteiger partial charge in [-0.15, -0.1) is 0 Å². The average molecular weight is 246 g/mol. The highest BCUT2D eigenvalue weighted by atomic mass is 16.1. The number of carbonyl (C=O) groups is 1. The number of amides is 1. The normalized spacial score (nSPS) is 18.9. The summed E-state index contributed by atoms with van der Waals surface area (Å²) in [6.07, 6.45) is 2.47. The van der Waals surface area contributed by atoms with Crippen molar-refractivity contribution < 1.29 is 4.79 Å². The molecular formula is C15H22N2O. The second-order valence-corrected chi connectivity index (χ2v) is 5.19. The van der Waals surface area contributed by atoms with E-state index < -0.39 is 0 Å². The minimum absolute atomic E-state index is 0.170. The Morgan fingerprint density at radius 3 is 2.94 bits per heavy atom. The van der Waals surface area contributed by atoms with Crippen molar-refractivity contribution in [1.82, 2.24) is 10.6 Å². The molecule has 0 aliphatic carbocycles. The molecule has 1 saturated heterocycles. The molecule has 1 atom stereocenters. The monoisotopic (exact) mass is 246 g/mol. The minimum atomic E-state index is 0.170. The lowest BCUT2D eigenvalue weighted by Crippen LogP contribution is -2.36. The number of carbonyl (C=O) groups excluding carboxylic acids is 1. The maximum atomic E-state index is 11.8. The maximum Gasteiger partial charge on any atom is 0.220 e. The zero-order valence-electron chi connectivity index (χ0n) is 11.3. The molecule has 18 heavy (non-hydrogen) atoms. The molecule has 2 N–H and O–H groups in total. The van der Waals surface area contributed by atoms with Gasteiger partial charge in [0.1, 0.15) is 0 Å². The summed E-state index contributed by atoms with van der Waals surface area (Å²) in [4.78, 5) is 11.8. The van der Waals surface area contributed by atoms with Gasteiger partial charge < -0.3 is 10.6 Å². The van der Waals surface area contributed by atoms with Crippen LogP contribution in [0.15, 0.2) is 18.2 Å². The van der Waals surface area contributed by atoms with Gasteiger partial charge in [0.15, 0.2) is 0 Å². The van der Waals surface area contributed by atoms with E-state index in [1.807, 2.05) is 0 Å². The van der Waals surface area contributed by atoms with E-state index in [1.54, 1.807) is 0 Å². The molecule has 0 aromatic heterocycles. The first-order valence-electron chi connectivity index (χ1n) is 6.71. The summed E-state index contributed by atoms with van der Waals surface area (Å²) in [5, 5.41) is 6.33. The van der Waals surface area contributed by atoms with Gasteiger partial charge in [0.25, 0.3) is 0 Å². The van der Waals surface area contributed by atoms with Crippen molar-refractivity contribution >= 4 is 5.91 Å². The van der Waals surface area contributed by atoms with Crippen molar-refractivity contribution in [3.8, 4) is 0 Å². The topological polar surface area (TPSA) is 41.1 Å². The summed E-state index contributed by atoms with van der Waals surface area (Å²) >= 11 is 0. The fraction of sp³-hybridized carbons (Fsp3) is 0.533. The number of hydrogen-bond donors (Lipinski definition) is 2. The van der Waals surface area contributed by atoms with E-state index in [0.717, 1.165) is 25.9 Å². The number of aryl methyl sites for hydroxylation is 3. The van der Waals surface area contributed by atoms with Crippen LogP contribution in [0.1, 0.15) is 29.5 Å². The summed E-state index contributed by atoms with van der Waals surface area (Å²) in [5.74, 6) is 0.170. The summed E-state index contributed by atoms with van der Waals surface area (Å²) < 4.78 is 0. The van der Waals surface area contributed by atoms with Crippen LogP contribution >= 0.6 is 0 Å². The van der Waals surface area contributed by atoms with E-state index in [1.165, 1.54) is 16.7 Å². The van der Waals surface area contributed by atoms with Crippen LogP contribution < -0.4 is 10.6 Å². The quantitative estimate of drug-likeness (QED) is 0.849. The third-order valence-corrected chi connectivity index (χ3v) is 3.54. The molecule has 0 saturated carbocycles. The van der Waals surface area contributed by atoms with Crippen LogP contribution in [0.25, 0.3) is 0 Å². The van der Waals surface area contributed by atoms with Crippen LogP contribution in [-0.4, -0.2) is 25.0 Å². The summed E-state index contributed by atoms with van der Waals surface area (Å²) in [5.41, 5.74) is 3.84. The van der Waals surface area contributed by atoms with Gasteiger partial charge in [0.05, 0.1) is 0 Å². The lowest BCUT2D eigenvalue weighted by Gasteiger charge is -2.12. The fourth-order valence-electron chi connectivity index (χ4n) is 2.45. The highest BCUT2D eigenvalue weighted by Gasteiger charge is 2.16. The second-order valence-electron chi connectivity index (χ2n) is 5.19. The third-order valence-electron chi connectivity index (χ3n) is 3.54. The van der Waals surface area contributed by atoms with Gasteiger partial charge in [-0.2, -0.15) is 0 Å². The van der Waals surface area contributed by atoms with Crippen molar-refractivity contribution in [2.24, 2.45) is 0 Å². The molecule has 0 radical (unpaired) electrons. The smallest absolute Gasteiger partial charge is 0.220 e. The van der Waals surface area contributed by atoms with Crippen molar-refractivity contribution in [2.75, 3.05) is 13.1 Å². The van der Waals surface area contributed by atoms with Crippen molar-refractivity contribution in [1.29, 1.82) is 0 Å². The SMILES string of the molecule is Cc1ccc(CCC(=O)NC2CCNC2)c(C)c1. The van der Waals surface area contributed by atoms with Gasteiger partial charge in [0.2, 0.25) is 5.91 Å². The Balaban J connectivity index is 1.81. The Morgan fingerprint density at radius 1 is 1.44 bits per heavy atom. The number of benzene rings is 1. The minimum Gasteiger partial charge on any atom is -0.352 e. The van der Waals surface area contributed by atoms with Crippen LogP contribution in [-0.2, 0) is 11.2 Å². The van der Waals surface area contributed by atoms with Gasteiger partial charge >= 0.3 is 0 Å². The second kappa shape index (κ2) is 6.01. The highest BCUT2D eigenvalue weighted by molar-refractivity contribution is 5.76. The first-order chi connectivity index (χ1) is 8.65. The summed E-state index contributed by atoms with van der Waals surface area (Å²) in [6.45, 7) is 6.13. The number of nitrogens with one attached hydrogen (secondary N) is 2. The van der Waals surface area contributed by atoms with Crippen molar-refractivity contribution in [2.45, 2.75) is 39.2 Å². The third kappa shape index (κ3) is 3.57. The maximum absolute atomic E-state index is 11.8. The zero-order valence-corrected chi connectivity index (χ0v) is 11.3. The van der Waals surface area contributed by atoms with Crippen LogP contribution in [0, 0.1) is 13.8 Å². The molecule has 1 fully saturated rings. The van der Waals surface area contributed by atoms with Gasteiger partial charge in [-0.3, -0.25) is 4.79 Å². The van der Waals surface area contributed by atoms with Gasteiger partial charge in [-0.05, 0) is 44.4 Å². The lowest BCUT2D eigenvalue weighted by atomic mass is 10.0. The number of rotatable bonds is 4. The van der Waals surface area contributed by atoms with Gasteiger partial charge in [-0.25, -0.2) is 0 Å². The van der Waals surface area contributed by atoms with Crippen molar-refractivity contribution in [3.63, 3.8) is 0 Å². The van der Waals surface area contributed by atoms with Gasteiger partial charge in [-0.1, -0.05) is 23.8 Å². The molecule has 1 unspecified atom stereocenters. The Morgan fingerprint density at radius 2 is 2.28 bits per heavy atom. The molecule has 0 bridgehead atoms. The predicted octanol–water partition coefficient (Wildman–Crippen LogP) is 1.71. The van der Waals surface area contributed by atoms with Crippen molar-refractivity contribution in [3.05, 3.63) is 34.9 Å². The molecule has 1 amide bonds. The highest BCUT2D eigenvalue weighted by Crippen LogP contribution is 2.12. The molecule has 98 valence electrons. The van der Waals surface area contributed by atoms with E-state index >= 15 is 0 Å². The van der Waals surface area contributed by atoms with Crippen LogP contribution in [0.4, 0.5) is 0 Å². The molecule has 1 aromatic rings. The molecular weight excluding hydrogens is 224 g/mol. The fourth-order valence-corrected chi connectivity index (χ4v) is 2.45. The molecule has 3 heteroatoms. The molecule has 1 aromatic carbocycles. The molecule has 0 spiro atoms. The first kappa shape index (κ1) is 13.1. The van der Waals surface area contributed by atoms with Gasteiger partial charge in [0, 0.05) is 19.0 Å². The van der Waals surface area contributed by atoms with E-state index in [4.69, 9.17) is 0 Å². The predicted molar refractivity (Wildman–Crippen MR) is 73.7 cm³/mol. The van der Waals surface area contributed by atoms with E-state index in [0.29, 0.717) is 12.5 Å². The molecule has 2 rings (SSSR count).